The zero-order valence-electron chi connectivity index (χ0n) is 10.6. The Morgan fingerprint density at radius 1 is 1.31 bits per heavy atom. The lowest BCUT2D eigenvalue weighted by Gasteiger charge is -2.33. The van der Waals surface area contributed by atoms with Crippen LogP contribution in [-0.4, -0.2) is 29.8 Å². The quantitative estimate of drug-likeness (QED) is 0.657. The van der Waals surface area contributed by atoms with Gasteiger partial charge in [0.15, 0.2) is 0 Å². The molecule has 0 heterocycles. The molecule has 94 valence electrons. The average molecular weight is 246 g/mol. The van der Waals surface area contributed by atoms with Crippen LogP contribution in [0.25, 0.3) is 0 Å². The highest BCUT2D eigenvalue weighted by Crippen LogP contribution is 2.42. The molecule has 1 aliphatic carbocycles. The molecule has 1 aliphatic rings. The van der Waals surface area contributed by atoms with Gasteiger partial charge in [-0.3, -0.25) is 4.79 Å². The molecule has 0 aliphatic heterocycles. The van der Waals surface area contributed by atoms with Crippen molar-refractivity contribution >= 4 is 17.5 Å². The molecule has 0 atom stereocenters. The molecule has 16 heavy (non-hydrogen) atoms. The smallest absolute Gasteiger partial charge is 0.228 e. The number of rotatable bonds is 6. The molecule has 1 saturated carbocycles. The zero-order chi connectivity index (χ0) is 12.0. The molecule has 0 aromatic heterocycles. The van der Waals surface area contributed by atoms with Crippen molar-refractivity contribution in [2.75, 3.05) is 19.0 Å². The summed E-state index contributed by atoms with van der Waals surface area (Å²) < 4.78 is 0. The van der Waals surface area contributed by atoms with Gasteiger partial charge in [-0.2, -0.15) is 0 Å². The van der Waals surface area contributed by atoms with Crippen molar-refractivity contribution in [3.05, 3.63) is 0 Å². The van der Waals surface area contributed by atoms with Crippen LogP contribution in [0, 0.1) is 5.41 Å². The first-order chi connectivity index (χ1) is 7.70. The van der Waals surface area contributed by atoms with Gasteiger partial charge >= 0.3 is 0 Å². The normalized spacial score (nSPS) is 18.7. The lowest BCUT2D eigenvalue weighted by atomic mass is 9.82. The highest BCUT2D eigenvalue weighted by molar-refractivity contribution is 6.17. The van der Waals surface area contributed by atoms with Crippen LogP contribution < -0.4 is 0 Å². The largest absolute Gasteiger partial charge is 0.342 e. The molecule has 0 N–H and O–H groups in total. The van der Waals surface area contributed by atoms with Gasteiger partial charge in [0, 0.05) is 24.4 Å². The molecule has 3 heteroatoms. The van der Waals surface area contributed by atoms with E-state index < -0.39 is 0 Å². The fourth-order valence-electron chi connectivity index (χ4n) is 2.76. The number of carbonyl (C=O) groups is 1. The molecular weight excluding hydrogens is 222 g/mol. The first-order valence-corrected chi connectivity index (χ1v) is 7.09. The molecule has 0 spiro atoms. The Morgan fingerprint density at radius 2 is 1.94 bits per heavy atom. The van der Waals surface area contributed by atoms with Crippen molar-refractivity contribution in [1.82, 2.24) is 4.90 Å². The van der Waals surface area contributed by atoms with E-state index in [1.165, 1.54) is 12.8 Å². The summed E-state index contributed by atoms with van der Waals surface area (Å²) in [4.78, 5) is 14.5. The molecule has 1 amide bonds. The van der Waals surface area contributed by atoms with Gasteiger partial charge in [0.1, 0.15) is 0 Å². The first kappa shape index (κ1) is 13.8. The number of hydrogen-bond acceptors (Lipinski definition) is 1. The molecule has 0 saturated heterocycles. The van der Waals surface area contributed by atoms with Gasteiger partial charge in [-0.15, -0.1) is 11.6 Å². The van der Waals surface area contributed by atoms with Crippen molar-refractivity contribution in [2.45, 2.75) is 52.4 Å². The Hall–Kier alpha value is -0.240. The van der Waals surface area contributed by atoms with Crippen LogP contribution in [0.3, 0.4) is 0 Å². The fraction of sp³-hybridized carbons (Fsp3) is 0.923. The number of alkyl halides is 1. The van der Waals surface area contributed by atoms with Crippen molar-refractivity contribution in [2.24, 2.45) is 5.41 Å². The van der Waals surface area contributed by atoms with Crippen LogP contribution in [0.1, 0.15) is 52.4 Å². The van der Waals surface area contributed by atoms with Crippen LogP contribution in [0.2, 0.25) is 0 Å². The van der Waals surface area contributed by atoms with Gasteiger partial charge in [0.25, 0.3) is 0 Å². The first-order valence-electron chi connectivity index (χ1n) is 6.55. The van der Waals surface area contributed by atoms with Crippen LogP contribution in [0.15, 0.2) is 0 Å². The lowest BCUT2D eigenvalue weighted by molar-refractivity contribution is -0.142. The summed E-state index contributed by atoms with van der Waals surface area (Å²) in [5.41, 5.74) is -0.0394. The SMILES string of the molecule is CCN(CCCCl)C(=O)C1(CC)CCCC1. The van der Waals surface area contributed by atoms with Gasteiger partial charge in [-0.25, -0.2) is 0 Å². The molecule has 1 rings (SSSR count). The summed E-state index contributed by atoms with van der Waals surface area (Å²) in [5, 5.41) is 0. The molecular formula is C13H24ClNO. The maximum Gasteiger partial charge on any atom is 0.228 e. The van der Waals surface area contributed by atoms with Gasteiger partial charge in [0.05, 0.1) is 0 Å². The fourth-order valence-corrected chi connectivity index (χ4v) is 2.88. The van der Waals surface area contributed by atoms with E-state index in [0.29, 0.717) is 11.8 Å². The van der Waals surface area contributed by atoms with E-state index in [0.717, 1.165) is 38.8 Å². The number of nitrogens with zero attached hydrogens (tertiary/aromatic N) is 1. The lowest BCUT2D eigenvalue weighted by Crippen LogP contribution is -2.43. The van der Waals surface area contributed by atoms with E-state index in [1.54, 1.807) is 0 Å². The minimum Gasteiger partial charge on any atom is -0.342 e. The van der Waals surface area contributed by atoms with Crippen molar-refractivity contribution in [3.8, 4) is 0 Å². The molecule has 1 fully saturated rings. The van der Waals surface area contributed by atoms with Gasteiger partial charge in [-0.05, 0) is 32.6 Å². The monoisotopic (exact) mass is 245 g/mol. The summed E-state index contributed by atoms with van der Waals surface area (Å²) in [6, 6.07) is 0. The predicted octanol–water partition coefficient (Wildman–Crippen LogP) is 3.43. The van der Waals surface area contributed by atoms with Gasteiger partial charge < -0.3 is 4.90 Å². The van der Waals surface area contributed by atoms with Crippen LogP contribution in [0.5, 0.6) is 0 Å². The Labute approximate surface area is 104 Å². The molecule has 0 bridgehead atoms. The molecule has 0 aromatic rings. The summed E-state index contributed by atoms with van der Waals surface area (Å²) in [5.74, 6) is 1.02. The third-order valence-corrected chi connectivity index (χ3v) is 4.19. The Balaban J connectivity index is 2.64. The molecule has 0 unspecified atom stereocenters. The van der Waals surface area contributed by atoms with Gasteiger partial charge in [-0.1, -0.05) is 19.8 Å². The van der Waals surface area contributed by atoms with E-state index in [1.807, 2.05) is 4.90 Å². The number of amides is 1. The van der Waals surface area contributed by atoms with Crippen molar-refractivity contribution in [3.63, 3.8) is 0 Å². The number of halogens is 1. The number of hydrogen-bond donors (Lipinski definition) is 0. The zero-order valence-corrected chi connectivity index (χ0v) is 11.4. The molecule has 0 radical (unpaired) electrons. The average Bonchev–Trinajstić information content (AvgIpc) is 2.79. The molecule has 2 nitrogen and oxygen atoms in total. The third kappa shape index (κ3) is 2.91. The summed E-state index contributed by atoms with van der Waals surface area (Å²) in [6.45, 7) is 5.85. The van der Waals surface area contributed by atoms with E-state index in [4.69, 9.17) is 11.6 Å². The van der Waals surface area contributed by atoms with E-state index in [2.05, 4.69) is 13.8 Å². The topological polar surface area (TPSA) is 20.3 Å². The Kier molecular flexibility index (Phi) is 5.60. The second kappa shape index (κ2) is 6.48. The Morgan fingerprint density at radius 3 is 2.38 bits per heavy atom. The maximum atomic E-state index is 12.5. The minimum atomic E-state index is -0.0394. The predicted molar refractivity (Wildman–Crippen MR) is 68.8 cm³/mol. The van der Waals surface area contributed by atoms with Crippen LogP contribution in [-0.2, 0) is 4.79 Å². The summed E-state index contributed by atoms with van der Waals surface area (Å²) in [7, 11) is 0. The van der Waals surface area contributed by atoms with Crippen molar-refractivity contribution < 1.29 is 4.79 Å². The summed E-state index contributed by atoms with van der Waals surface area (Å²) >= 11 is 5.70. The Bertz CT molecular complexity index is 224. The highest BCUT2D eigenvalue weighted by Gasteiger charge is 2.41. The second-order valence-corrected chi connectivity index (χ2v) is 5.15. The number of carbonyl (C=O) groups excluding carboxylic acids is 1. The van der Waals surface area contributed by atoms with Crippen LogP contribution in [0.4, 0.5) is 0 Å². The van der Waals surface area contributed by atoms with E-state index in [-0.39, 0.29) is 5.41 Å². The maximum absolute atomic E-state index is 12.5. The van der Waals surface area contributed by atoms with Crippen molar-refractivity contribution in [1.29, 1.82) is 0 Å². The standard InChI is InChI=1S/C13H24ClNO/c1-3-13(8-5-6-9-13)12(16)15(4-2)11-7-10-14/h3-11H2,1-2H3. The van der Waals surface area contributed by atoms with E-state index >= 15 is 0 Å². The summed E-state index contributed by atoms with van der Waals surface area (Å²) in [6.07, 6.45) is 6.49. The second-order valence-electron chi connectivity index (χ2n) is 4.77. The third-order valence-electron chi connectivity index (χ3n) is 3.92. The minimum absolute atomic E-state index is 0.0394. The molecule has 0 aromatic carbocycles. The van der Waals surface area contributed by atoms with E-state index in [9.17, 15) is 4.79 Å². The van der Waals surface area contributed by atoms with Gasteiger partial charge in [0.2, 0.25) is 5.91 Å². The van der Waals surface area contributed by atoms with Crippen LogP contribution >= 0.6 is 11.6 Å². The highest BCUT2D eigenvalue weighted by atomic mass is 35.5.